The topological polar surface area (TPSA) is 75.4 Å². The van der Waals surface area contributed by atoms with Crippen LogP contribution in [0.5, 0.6) is 0 Å². The number of anilines is 1. The van der Waals surface area contributed by atoms with E-state index in [0.29, 0.717) is 11.0 Å². The van der Waals surface area contributed by atoms with Gasteiger partial charge < -0.3 is 5.73 Å². The maximum Gasteiger partial charge on any atom is 0.243 e. The van der Waals surface area contributed by atoms with Crippen molar-refractivity contribution in [1.82, 2.24) is 9.62 Å². The predicted molar refractivity (Wildman–Crippen MR) is 91.7 cm³/mol. The van der Waals surface area contributed by atoms with Crippen LogP contribution in [0, 0.1) is 0 Å². The Balaban J connectivity index is 2.11. The van der Waals surface area contributed by atoms with Crippen LogP contribution in [0.25, 0.3) is 0 Å². The van der Waals surface area contributed by atoms with Crippen molar-refractivity contribution in [3.63, 3.8) is 0 Å². The maximum absolute atomic E-state index is 12.4. The zero-order valence-electron chi connectivity index (χ0n) is 11.8. The summed E-state index contributed by atoms with van der Waals surface area (Å²) in [5.74, 6) is 0. The third-order valence-corrected chi connectivity index (χ3v) is 6.52. The number of nitrogens with one attached hydrogen (secondary N) is 1. The Morgan fingerprint density at radius 1 is 1.33 bits per heavy atom. The molecule has 0 amide bonds. The Bertz CT molecular complexity index is 593. The van der Waals surface area contributed by atoms with E-state index < -0.39 is 10.0 Å². The first-order chi connectivity index (χ1) is 9.81. The van der Waals surface area contributed by atoms with Crippen LogP contribution < -0.4 is 10.5 Å². The number of rotatable bonds is 5. The number of hydrogen-bond donors (Lipinski definition) is 2. The molecule has 1 unspecified atom stereocenters. The van der Waals surface area contributed by atoms with Gasteiger partial charge in [-0.3, -0.25) is 4.90 Å². The highest BCUT2D eigenvalue weighted by Crippen LogP contribution is 2.31. The van der Waals surface area contributed by atoms with E-state index in [9.17, 15) is 8.42 Å². The molecule has 0 aliphatic carbocycles. The number of nitrogen functional groups attached to an aromatic ring is 1. The van der Waals surface area contributed by atoms with E-state index in [-0.39, 0.29) is 16.6 Å². The molecule has 0 radical (unpaired) electrons. The largest absolute Gasteiger partial charge is 0.398 e. The van der Waals surface area contributed by atoms with Crippen LogP contribution in [0.4, 0.5) is 5.69 Å². The molecule has 1 saturated heterocycles. The first-order valence-electron chi connectivity index (χ1n) is 6.79. The average Bonchev–Trinajstić information content (AvgIpc) is 2.88. The fourth-order valence-corrected chi connectivity index (χ4v) is 5.67. The molecule has 0 aromatic heterocycles. The standard InChI is InChI=1S/C13H19Br2N3O2S/c1-9(18-4-2-3-5-18)8-17-21(19,20)13-11(15)6-10(14)7-12(13)16/h6-7,9,17H,2-5,8,16H2,1H3. The Kier molecular flexibility index (Phi) is 5.70. The molecule has 21 heavy (non-hydrogen) atoms. The molecule has 2 rings (SSSR count). The fourth-order valence-electron chi connectivity index (χ4n) is 2.48. The minimum absolute atomic E-state index is 0.0966. The number of hydrogen-bond acceptors (Lipinski definition) is 4. The number of halogens is 2. The zero-order chi connectivity index (χ0) is 15.6. The number of benzene rings is 1. The van der Waals surface area contributed by atoms with Gasteiger partial charge in [-0.25, -0.2) is 13.1 Å². The molecule has 8 heteroatoms. The highest BCUT2D eigenvalue weighted by atomic mass is 79.9. The van der Waals surface area contributed by atoms with Gasteiger partial charge in [-0.05, 0) is 60.9 Å². The normalized spacial score (nSPS) is 18.0. The lowest BCUT2D eigenvalue weighted by molar-refractivity contribution is 0.260. The van der Waals surface area contributed by atoms with Gasteiger partial charge in [0.15, 0.2) is 0 Å². The van der Waals surface area contributed by atoms with Crippen molar-refractivity contribution in [3.8, 4) is 0 Å². The van der Waals surface area contributed by atoms with Gasteiger partial charge in [-0.1, -0.05) is 15.9 Å². The van der Waals surface area contributed by atoms with Crippen LogP contribution in [0.15, 0.2) is 26.0 Å². The van der Waals surface area contributed by atoms with E-state index in [4.69, 9.17) is 5.73 Å². The van der Waals surface area contributed by atoms with Crippen molar-refractivity contribution >= 4 is 47.6 Å². The predicted octanol–water partition coefficient (Wildman–Crippen LogP) is 2.56. The van der Waals surface area contributed by atoms with Gasteiger partial charge in [0.1, 0.15) is 4.90 Å². The van der Waals surface area contributed by atoms with E-state index in [2.05, 4.69) is 41.5 Å². The van der Waals surface area contributed by atoms with E-state index in [0.717, 1.165) is 17.6 Å². The molecule has 3 N–H and O–H groups in total. The summed E-state index contributed by atoms with van der Waals surface area (Å²) in [5, 5.41) is 0. The highest BCUT2D eigenvalue weighted by Gasteiger charge is 2.24. The SMILES string of the molecule is CC(CNS(=O)(=O)c1c(N)cc(Br)cc1Br)N1CCCC1. The first kappa shape index (κ1) is 17.2. The van der Waals surface area contributed by atoms with Crippen molar-refractivity contribution in [2.45, 2.75) is 30.7 Å². The minimum atomic E-state index is -3.63. The molecule has 1 aliphatic heterocycles. The van der Waals surface area contributed by atoms with Crippen LogP contribution >= 0.6 is 31.9 Å². The fraction of sp³-hybridized carbons (Fsp3) is 0.538. The lowest BCUT2D eigenvalue weighted by Crippen LogP contribution is -2.40. The van der Waals surface area contributed by atoms with Crippen molar-refractivity contribution in [2.24, 2.45) is 0 Å². The van der Waals surface area contributed by atoms with Crippen molar-refractivity contribution in [3.05, 3.63) is 21.1 Å². The van der Waals surface area contributed by atoms with Crippen molar-refractivity contribution < 1.29 is 8.42 Å². The molecule has 5 nitrogen and oxygen atoms in total. The zero-order valence-corrected chi connectivity index (χ0v) is 15.8. The summed E-state index contributed by atoms with van der Waals surface area (Å²) in [5.41, 5.74) is 6.07. The molecule has 0 saturated carbocycles. The average molecular weight is 441 g/mol. The molecule has 1 aromatic carbocycles. The molecule has 1 fully saturated rings. The molecule has 1 aromatic rings. The summed E-state index contributed by atoms with van der Waals surface area (Å²) in [7, 11) is -3.63. The van der Waals surface area contributed by atoms with Crippen LogP contribution in [-0.4, -0.2) is 39.0 Å². The molecule has 118 valence electrons. The van der Waals surface area contributed by atoms with Gasteiger partial charge in [0.05, 0.1) is 5.69 Å². The summed E-state index contributed by atoms with van der Waals surface area (Å²) in [6, 6.07) is 3.44. The monoisotopic (exact) mass is 439 g/mol. The smallest absolute Gasteiger partial charge is 0.243 e. The van der Waals surface area contributed by atoms with E-state index in [1.54, 1.807) is 12.1 Å². The molecule has 1 aliphatic rings. The Labute approximate surface area is 142 Å². The van der Waals surface area contributed by atoms with Gasteiger partial charge in [0.2, 0.25) is 10.0 Å². The quantitative estimate of drug-likeness (QED) is 0.690. The Hall–Kier alpha value is -0.150. The second kappa shape index (κ2) is 6.95. The van der Waals surface area contributed by atoms with E-state index in [1.807, 2.05) is 6.92 Å². The third kappa shape index (κ3) is 4.19. The van der Waals surface area contributed by atoms with E-state index >= 15 is 0 Å². The highest BCUT2D eigenvalue weighted by molar-refractivity contribution is 9.11. The second-order valence-corrected chi connectivity index (χ2v) is 8.72. The van der Waals surface area contributed by atoms with Gasteiger partial charge in [0.25, 0.3) is 0 Å². The summed E-state index contributed by atoms with van der Waals surface area (Å²) in [6.45, 7) is 4.48. The molecule has 0 bridgehead atoms. The number of nitrogens with two attached hydrogens (primary N) is 1. The maximum atomic E-state index is 12.4. The Morgan fingerprint density at radius 2 is 1.95 bits per heavy atom. The first-order valence-corrected chi connectivity index (χ1v) is 9.86. The van der Waals surface area contributed by atoms with E-state index in [1.165, 1.54) is 12.8 Å². The molecule has 1 atom stereocenters. The lowest BCUT2D eigenvalue weighted by atomic mass is 10.3. The van der Waals surface area contributed by atoms with Gasteiger partial charge in [-0.15, -0.1) is 0 Å². The third-order valence-electron chi connectivity index (χ3n) is 3.64. The van der Waals surface area contributed by atoms with Gasteiger partial charge in [-0.2, -0.15) is 0 Å². The van der Waals surface area contributed by atoms with Crippen LogP contribution in [0.2, 0.25) is 0 Å². The summed E-state index contributed by atoms with van der Waals surface area (Å²) < 4.78 is 28.7. The van der Waals surface area contributed by atoms with Crippen LogP contribution in [0.1, 0.15) is 19.8 Å². The Morgan fingerprint density at radius 3 is 2.52 bits per heavy atom. The molecular weight excluding hydrogens is 422 g/mol. The molecule has 1 heterocycles. The summed E-state index contributed by atoms with van der Waals surface area (Å²) >= 11 is 6.56. The number of nitrogens with zero attached hydrogens (tertiary/aromatic N) is 1. The van der Waals surface area contributed by atoms with Crippen LogP contribution in [0.3, 0.4) is 0 Å². The number of likely N-dealkylation sites (tertiary alicyclic amines) is 1. The van der Waals surface area contributed by atoms with Gasteiger partial charge >= 0.3 is 0 Å². The van der Waals surface area contributed by atoms with Gasteiger partial charge in [0, 0.05) is 21.5 Å². The molecular formula is C13H19Br2N3O2S. The van der Waals surface area contributed by atoms with Crippen LogP contribution in [-0.2, 0) is 10.0 Å². The minimum Gasteiger partial charge on any atom is -0.398 e. The van der Waals surface area contributed by atoms with Crippen molar-refractivity contribution in [1.29, 1.82) is 0 Å². The second-order valence-electron chi connectivity index (χ2n) is 5.25. The molecule has 0 spiro atoms. The lowest BCUT2D eigenvalue weighted by Gasteiger charge is -2.24. The summed E-state index contributed by atoms with van der Waals surface area (Å²) in [4.78, 5) is 2.39. The summed E-state index contributed by atoms with van der Waals surface area (Å²) in [6.07, 6.45) is 2.37. The number of sulfonamides is 1. The van der Waals surface area contributed by atoms with Crippen molar-refractivity contribution in [2.75, 3.05) is 25.4 Å².